The Balaban J connectivity index is 2.77. The number of rotatable bonds is 5. The van der Waals surface area contributed by atoms with Gasteiger partial charge in [0.1, 0.15) is 11.5 Å². The fourth-order valence-electron chi connectivity index (χ4n) is 2.37. The molecule has 0 unspecified atom stereocenters. The van der Waals surface area contributed by atoms with Crippen LogP contribution in [0, 0.1) is 6.92 Å². The Bertz CT molecular complexity index is 749. The van der Waals surface area contributed by atoms with Crippen LogP contribution < -0.4 is 20.8 Å². The van der Waals surface area contributed by atoms with Crippen molar-refractivity contribution in [2.45, 2.75) is 19.9 Å². The number of nitrogens with two attached hydrogens (primary N) is 1. The molecule has 6 nitrogen and oxygen atoms in total. The Hall–Kier alpha value is -2.50. The lowest BCUT2D eigenvalue weighted by atomic mass is 10.1. The number of nitrogens with zero attached hydrogens (tertiary/aromatic N) is 1. The number of fused-ring (bicyclic) bond motifs is 1. The zero-order valence-electron chi connectivity index (χ0n) is 12.3. The Labute approximate surface area is 122 Å². The molecule has 0 atom stereocenters. The second kappa shape index (κ2) is 5.87. The summed E-state index contributed by atoms with van der Waals surface area (Å²) in [5.41, 5.74) is 6.46. The van der Waals surface area contributed by atoms with Gasteiger partial charge in [-0.05, 0) is 12.5 Å². The highest BCUT2D eigenvalue weighted by molar-refractivity contribution is 5.90. The molecule has 0 radical (unpaired) electrons. The molecule has 0 aliphatic rings. The van der Waals surface area contributed by atoms with Crippen LogP contribution in [-0.4, -0.2) is 24.7 Å². The van der Waals surface area contributed by atoms with Crippen LogP contribution in [0.25, 0.3) is 10.9 Å². The van der Waals surface area contributed by atoms with Gasteiger partial charge in [-0.1, -0.05) is 0 Å². The summed E-state index contributed by atoms with van der Waals surface area (Å²) in [6, 6.07) is 5.05. The zero-order valence-corrected chi connectivity index (χ0v) is 12.3. The van der Waals surface area contributed by atoms with Gasteiger partial charge in [0.2, 0.25) is 5.91 Å². The van der Waals surface area contributed by atoms with E-state index in [0.29, 0.717) is 17.0 Å². The molecule has 0 fully saturated rings. The van der Waals surface area contributed by atoms with Gasteiger partial charge in [0, 0.05) is 36.6 Å². The maximum Gasteiger partial charge on any atom is 0.251 e. The third-order valence-electron chi connectivity index (χ3n) is 3.38. The van der Waals surface area contributed by atoms with E-state index in [1.54, 1.807) is 26.4 Å². The first kappa shape index (κ1) is 14.9. The van der Waals surface area contributed by atoms with Crippen LogP contribution in [0.1, 0.15) is 12.0 Å². The first-order chi connectivity index (χ1) is 9.97. The van der Waals surface area contributed by atoms with Gasteiger partial charge in [-0.15, -0.1) is 0 Å². The highest BCUT2D eigenvalue weighted by Crippen LogP contribution is 2.32. The van der Waals surface area contributed by atoms with Gasteiger partial charge in [0.15, 0.2) is 0 Å². The van der Waals surface area contributed by atoms with Gasteiger partial charge in [0.25, 0.3) is 5.56 Å². The van der Waals surface area contributed by atoms with Crippen LogP contribution in [0.2, 0.25) is 0 Å². The molecule has 0 saturated carbocycles. The van der Waals surface area contributed by atoms with E-state index in [9.17, 15) is 9.59 Å². The van der Waals surface area contributed by atoms with E-state index >= 15 is 0 Å². The molecule has 0 spiro atoms. The number of carbonyl (C=O) groups excluding carboxylic acids is 1. The molecule has 6 heteroatoms. The smallest absolute Gasteiger partial charge is 0.251 e. The Kier molecular flexibility index (Phi) is 4.16. The summed E-state index contributed by atoms with van der Waals surface area (Å²) in [6.45, 7) is 2.07. The van der Waals surface area contributed by atoms with Crippen molar-refractivity contribution in [2.75, 3.05) is 14.2 Å². The van der Waals surface area contributed by atoms with E-state index in [2.05, 4.69) is 0 Å². The normalized spacial score (nSPS) is 10.6. The van der Waals surface area contributed by atoms with Crippen molar-refractivity contribution < 1.29 is 14.3 Å². The van der Waals surface area contributed by atoms with Crippen molar-refractivity contribution >= 4 is 16.8 Å². The minimum atomic E-state index is -0.453. The molecule has 21 heavy (non-hydrogen) atoms. The van der Waals surface area contributed by atoms with Crippen molar-refractivity contribution in [2.24, 2.45) is 5.73 Å². The van der Waals surface area contributed by atoms with Gasteiger partial charge >= 0.3 is 0 Å². The number of carbonyl (C=O) groups is 1. The number of hydrogen-bond donors (Lipinski definition) is 1. The van der Waals surface area contributed by atoms with Gasteiger partial charge in [-0.2, -0.15) is 0 Å². The molecular weight excluding hydrogens is 272 g/mol. The predicted molar refractivity (Wildman–Crippen MR) is 79.9 cm³/mol. The molecule has 1 heterocycles. The minimum absolute atomic E-state index is 0.0948. The number of hydrogen-bond acceptors (Lipinski definition) is 4. The predicted octanol–water partition coefficient (Wildman–Crippen LogP) is 1.20. The monoisotopic (exact) mass is 290 g/mol. The topological polar surface area (TPSA) is 83.6 Å². The minimum Gasteiger partial charge on any atom is -0.497 e. The molecule has 0 bridgehead atoms. The van der Waals surface area contributed by atoms with E-state index in [1.807, 2.05) is 6.92 Å². The maximum absolute atomic E-state index is 12.2. The van der Waals surface area contributed by atoms with Crippen molar-refractivity contribution in [3.8, 4) is 11.5 Å². The van der Waals surface area contributed by atoms with E-state index in [1.165, 1.54) is 10.6 Å². The van der Waals surface area contributed by atoms with Crippen LogP contribution in [0.4, 0.5) is 0 Å². The van der Waals surface area contributed by atoms with Crippen molar-refractivity contribution in [1.29, 1.82) is 0 Å². The number of aromatic nitrogens is 1. The van der Waals surface area contributed by atoms with E-state index in [0.717, 1.165) is 10.9 Å². The SMILES string of the molecule is COc1cc(OC)c2c(C)cc(=O)n(CCC(N)=O)c2c1. The molecule has 1 aromatic heterocycles. The average molecular weight is 290 g/mol. The number of pyridine rings is 1. The van der Waals surface area contributed by atoms with Crippen LogP contribution in [0.15, 0.2) is 23.0 Å². The van der Waals surface area contributed by atoms with Crippen molar-refractivity contribution in [3.05, 3.63) is 34.1 Å². The first-order valence-corrected chi connectivity index (χ1v) is 6.52. The number of amides is 1. The van der Waals surface area contributed by atoms with Crippen LogP contribution >= 0.6 is 0 Å². The third-order valence-corrected chi connectivity index (χ3v) is 3.38. The fourth-order valence-corrected chi connectivity index (χ4v) is 2.37. The fraction of sp³-hybridized carbons (Fsp3) is 0.333. The summed E-state index contributed by atoms with van der Waals surface area (Å²) in [4.78, 5) is 23.2. The Morgan fingerprint density at radius 3 is 2.52 bits per heavy atom. The second-order valence-electron chi connectivity index (χ2n) is 4.76. The lowest BCUT2D eigenvalue weighted by molar-refractivity contribution is -0.118. The molecule has 0 aliphatic heterocycles. The van der Waals surface area contributed by atoms with Crippen LogP contribution in [-0.2, 0) is 11.3 Å². The first-order valence-electron chi connectivity index (χ1n) is 6.52. The summed E-state index contributed by atoms with van der Waals surface area (Å²) in [5, 5.41) is 0.822. The molecule has 1 amide bonds. The van der Waals surface area contributed by atoms with E-state index in [4.69, 9.17) is 15.2 Å². The molecule has 2 rings (SSSR count). The maximum atomic E-state index is 12.2. The molecule has 112 valence electrons. The third kappa shape index (κ3) is 2.84. The number of primary amides is 1. The lowest BCUT2D eigenvalue weighted by Crippen LogP contribution is -2.23. The van der Waals surface area contributed by atoms with Crippen LogP contribution in [0.5, 0.6) is 11.5 Å². The van der Waals surface area contributed by atoms with E-state index < -0.39 is 5.91 Å². The average Bonchev–Trinajstić information content (AvgIpc) is 2.45. The van der Waals surface area contributed by atoms with Crippen molar-refractivity contribution in [3.63, 3.8) is 0 Å². The standard InChI is InChI=1S/C15H18N2O4/c1-9-6-14(19)17(5-4-13(16)18)11-7-10(20-2)8-12(21-3)15(9)11/h6-8H,4-5H2,1-3H3,(H2,16,18). The van der Waals surface area contributed by atoms with Gasteiger partial charge in [0.05, 0.1) is 19.7 Å². The Morgan fingerprint density at radius 2 is 1.95 bits per heavy atom. The number of aryl methyl sites for hydroxylation is 2. The van der Waals surface area contributed by atoms with Gasteiger partial charge < -0.3 is 19.8 Å². The van der Waals surface area contributed by atoms with Gasteiger partial charge in [-0.25, -0.2) is 0 Å². The summed E-state index contributed by atoms with van der Waals surface area (Å²) >= 11 is 0. The lowest BCUT2D eigenvalue weighted by Gasteiger charge is -2.15. The molecule has 2 aromatic rings. The molecule has 2 N–H and O–H groups in total. The number of benzene rings is 1. The molecule has 0 saturated heterocycles. The largest absolute Gasteiger partial charge is 0.497 e. The highest BCUT2D eigenvalue weighted by atomic mass is 16.5. The quantitative estimate of drug-likeness (QED) is 0.897. The summed E-state index contributed by atoms with van der Waals surface area (Å²) < 4.78 is 12.1. The summed E-state index contributed by atoms with van der Waals surface area (Å²) in [5.74, 6) is 0.748. The number of methoxy groups -OCH3 is 2. The Morgan fingerprint density at radius 1 is 1.24 bits per heavy atom. The molecule has 1 aromatic carbocycles. The highest BCUT2D eigenvalue weighted by Gasteiger charge is 2.13. The summed E-state index contributed by atoms with van der Waals surface area (Å²) in [6.07, 6.45) is 0.0948. The molecular formula is C15H18N2O4. The second-order valence-corrected chi connectivity index (χ2v) is 4.76. The zero-order chi connectivity index (χ0) is 15.6. The number of ether oxygens (including phenoxy) is 2. The van der Waals surface area contributed by atoms with Crippen LogP contribution in [0.3, 0.4) is 0 Å². The molecule has 0 aliphatic carbocycles. The summed E-state index contributed by atoms with van der Waals surface area (Å²) in [7, 11) is 3.11. The van der Waals surface area contributed by atoms with Crippen molar-refractivity contribution in [1.82, 2.24) is 4.57 Å². The van der Waals surface area contributed by atoms with E-state index in [-0.39, 0.29) is 18.5 Å². The van der Waals surface area contributed by atoms with Gasteiger partial charge in [-0.3, -0.25) is 9.59 Å².